The molecule has 1 fully saturated rings. The molecule has 0 aromatic heterocycles. The van der Waals surface area contributed by atoms with Crippen LogP contribution in [0, 0.1) is 0 Å². The Hall–Kier alpha value is -1.80. The maximum atomic E-state index is 9.34. The van der Waals surface area contributed by atoms with E-state index in [1.807, 2.05) is 12.1 Å². The van der Waals surface area contributed by atoms with E-state index in [0.29, 0.717) is 5.75 Å². The van der Waals surface area contributed by atoms with Gasteiger partial charge in [0.05, 0.1) is 0 Å². The largest absolute Gasteiger partial charge is 0.508 e. The molecule has 2 nitrogen and oxygen atoms in total. The molecule has 1 heterocycles. The van der Waals surface area contributed by atoms with Gasteiger partial charge in [0.2, 0.25) is 0 Å². The Labute approximate surface area is 114 Å². The maximum Gasteiger partial charge on any atom is 0.115 e. The summed E-state index contributed by atoms with van der Waals surface area (Å²) in [5.74, 6) is 0.317. The summed E-state index contributed by atoms with van der Waals surface area (Å²) in [5.41, 5.74) is 3.74. The first-order valence-electron chi connectivity index (χ1n) is 6.92. The molecule has 2 aromatic carbocycles. The van der Waals surface area contributed by atoms with E-state index in [1.165, 1.54) is 37.1 Å². The van der Waals surface area contributed by atoms with E-state index in [2.05, 4.69) is 29.2 Å². The molecule has 0 spiro atoms. The lowest BCUT2D eigenvalue weighted by molar-refractivity contribution is 0.331. The third kappa shape index (κ3) is 2.96. The molecule has 3 rings (SSSR count). The molecule has 1 aliphatic rings. The van der Waals surface area contributed by atoms with E-state index >= 15 is 0 Å². The Balaban J connectivity index is 1.80. The van der Waals surface area contributed by atoms with Crippen LogP contribution in [0.2, 0.25) is 0 Å². The number of benzene rings is 2. The first-order valence-corrected chi connectivity index (χ1v) is 6.92. The summed E-state index contributed by atoms with van der Waals surface area (Å²) in [5, 5.41) is 9.34. The Morgan fingerprint density at radius 2 is 1.63 bits per heavy atom. The van der Waals surface area contributed by atoms with Gasteiger partial charge in [0.25, 0.3) is 0 Å². The van der Waals surface area contributed by atoms with Gasteiger partial charge in [-0.25, -0.2) is 0 Å². The molecule has 0 radical (unpaired) electrons. The molecule has 0 aliphatic carbocycles. The van der Waals surface area contributed by atoms with Crippen molar-refractivity contribution in [2.75, 3.05) is 13.1 Å². The summed E-state index contributed by atoms with van der Waals surface area (Å²) in [7, 11) is 0. The molecule has 0 atom stereocenters. The highest BCUT2D eigenvalue weighted by atomic mass is 16.3. The molecule has 2 heteroatoms. The fourth-order valence-electron chi connectivity index (χ4n) is 2.70. The minimum Gasteiger partial charge on any atom is -0.508 e. The number of phenols is 1. The number of hydrogen-bond donors (Lipinski definition) is 1. The molecular formula is C17H19NO. The second kappa shape index (κ2) is 5.45. The molecule has 0 amide bonds. The molecule has 1 N–H and O–H groups in total. The van der Waals surface area contributed by atoms with Crippen LogP contribution in [0.15, 0.2) is 48.5 Å². The Kier molecular flexibility index (Phi) is 3.51. The van der Waals surface area contributed by atoms with Crippen molar-refractivity contribution >= 4 is 0 Å². The van der Waals surface area contributed by atoms with E-state index in [0.717, 1.165) is 12.1 Å². The van der Waals surface area contributed by atoms with Gasteiger partial charge in [-0.3, -0.25) is 4.90 Å². The van der Waals surface area contributed by atoms with Crippen molar-refractivity contribution in [3.05, 3.63) is 54.1 Å². The molecular weight excluding hydrogens is 234 g/mol. The first kappa shape index (κ1) is 12.2. The highest BCUT2D eigenvalue weighted by Crippen LogP contribution is 2.23. The van der Waals surface area contributed by atoms with Crippen LogP contribution >= 0.6 is 0 Å². The van der Waals surface area contributed by atoms with Crippen LogP contribution in [-0.2, 0) is 6.54 Å². The molecule has 1 aliphatic heterocycles. The van der Waals surface area contributed by atoms with Crippen LogP contribution in [-0.4, -0.2) is 23.1 Å². The predicted molar refractivity (Wildman–Crippen MR) is 78.1 cm³/mol. The average molecular weight is 253 g/mol. The van der Waals surface area contributed by atoms with Crippen molar-refractivity contribution in [2.45, 2.75) is 19.4 Å². The van der Waals surface area contributed by atoms with E-state index in [1.54, 1.807) is 12.1 Å². The molecule has 0 bridgehead atoms. The third-order valence-corrected chi connectivity index (χ3v) is 3.73. The van der Waals surface area contributed by atoms with E-state index in [4.69, 9.17) is 0 Å². The fourth-order valence-corrected chi connectivity index (χ4v) is 2.70. The lowest BCUT2D eigenvalue weighted by atomic mass is 10.0. The first-order chi connectivity index (χ1) is 9.31. The van der Waals surface area contributed by atoms with Crippen molar-refractivity contribution in [3.8, 4) is 16.9 Å². The number of rotatable bonds is 3. The summed E-state index contributed by atoms with van der Waals surface area (Å²) in [6, 6.07) is 16.1. The van der Waals surface area contributed by atoms with Gasteiger partial charge < -0.3 is 5.11 Å². The van der Waals surface area contributed by atoms with Crippen molar-refractivity contribution < 1.29 is 5.11 Å². The smallest absolute Gasteiger partial charge is 0.115 e. The minimum atomic E-state index is 0.317. The number of hydrogen-bond acceptors (Lipinski definition) is 2. The number of aromatic hydroxyl groups is 1. The van der Waals surface area contributed by atoms with Gasteiger partial charge in [0.1, 0.15) is 5.75 Å². The SMILES string of the molecule is Oc1ccc(-c2cccc(CN3CCCC3)c2)cc1. The van der Waals surface area contributed by atoms with Gasteiger partial charge in [0.15, 0.2) is 0 Å². The van der Waals surface area contributed by atoms with E-state index in [9.17, 15) is 5.11 Å². The summed E-state index contributed by atoms with van der Waals surface area (Å²) in [4.78, 5) is 2.51. The highest BCUT2D eigenvalue weighted by molar-refractivity contribution is 5.64. The minimum absolute atomic E-state index is 0.317. The summed E-state index contributed by atoms with van der Waals surface area (Å²) < 4.78 is 0. The maximum absolute atomic E-state index is 9.34. The van der Waals surface area contributed by atoms with Crippen LogP contribution in [0.5, 0.6) is 5.75 Å². The highest BCUT2D eigenvalue weighted by Gasteiger charge is 2.11. The molecule has 1 saturated heterocycles. The van der Waals surface area contributed by atoms with Crippen LogP contribution < -0.4 is 0 Å². The van der Waals surface area contributed by atoms with Gasteiger partial charge in [-0.1, -0.05) is 30.3 Å². The predicted octanol–water partition coefficient (Wildman–Crippen LogP) is 3.66. The molecule has 2 aromatic rings. The lowest BCUT2D eigenvalue weighted by Gasteiger charge is -2.15. The fraction of sp³-hybridized carbons (Fsp3) is 0.294. The standard InChI is InChI=1S/C17H19NO/c19-17-8-6-15(7-9-17)16-5-3-4-14(12-16)13-18-10-1-2-11-18/h3-9,12,19H,1-2,10-11,13H2. The van der Waals surface area contributed by atoms with Gasteiger partial charge >= 0.3 is 0 Å². The zero-order valence-electron chi connectivity index (χ0n) is 11.0. The number of nitrogens with zero attached hydrogens (tertiary/aromatic N) is 1. The van der Waals surface area contributed by atoms with Gasteiger partial charge in [-0.05, 0) is 60.8 Å². The van der Waals surface area contributed by atoms with Crippen LogP contribution in [0.1, 0.15) is 18.4 Å². The van der Waals surface area contributed by atoms with Crippen molar-refractivity contribution in [1.82, 2.24) is 4.90 Å². The van der Waals surface area contributed by atoms with Crippen molar-refractivity contribution in [2.24, 2.45) is 0 Å². The third-order valence-electron chi connectivity index (χ3n) is 3.73. The average Bonchev–Trinajstić information content (AvgIpc) is 2.93. The van der Waals surface area contributed by atoms with Crippen molar-refractivity contribution in [1.29, 1.82) is 0 Å². The van der Waals surface area contributed by atoms with Crippen molar-refractivity contribution in [3.63, 3.8) is 0 Å². The topological polar surface area (TPSA) is 23.5 Å². The monoisotopic (exact) mass is 253 g/mol. The van der Waals surface area contributed by atoms with Gasteiger partial charge in [-0.15, -0.1) is 0 Å². The van der Waals surface area contributed by atoms with E-state index in [-0.39, 0.29) is 0 Å². The normalized spacial score (nSPS) is 15.8. The van der Waals surface area contributed by atoms with Gasteiger partial charge in [-0.2, -0.15) is 0 Å². The molecule has 19 heavy (non-hydrogen) atoms. The second-order valence-corrected chi connectivity index (χ2v) is 5.23. The molecule has 0 unspecified atom stereocenters. The van der Waals surface area contributed by atoms with E-state index < -0.39 is 0 Å². The quantitative estimate of drug-likeness (QED) is 0.902. The van der Waals surface area contributed by atoms with Crippen LogP contribution in [0.25, 0.3) is 11.1 Å². The summed E-state index contributed by atoms with van der Waals surface area (Å²) in [6.07, 6.45) is 2.66. The molecule has 0 saturated carbocycles. The Bertz CT molecular complexity index is 541. The van der Waals surface area contributed by atoms with Gasteiger partial charge in [0, 0.05) is 6.54 Å². The lowest BCUT2D eigenvalue weighted by Crippen LogP contribution is -2.18. The summed E-state index contributed by atoms with van der Waals surface area (Å²) >= 11 is 0. The second-order valence-electron chi connectivity index (χ2n) is 5.23. The van der Waals surface area contributed by atoms with Crippen LogP contribution in [0.3, 0.4) is 0 Å². The summed E-state index contributed by atoms with van der Waals surface area (Å²) in [6.45, 7) is 3.50. The Morgan fingerprint density at radius 1 is 0.895 bits per heavy atom. The number of phenolic OH excluding ortho intramolecular Hbond substituents is 1. The molecule has 98 valence electrons. The Morgan fingerprint density at radius 3 is 2.37 bits per heavy atom. The zero-order chi connectivity index (χ0) is 13.1. The number of likely N-dealkylation sites (tertiary alicyclic amines) is 1. The van der Waals surface area contributed by atoms with Crippen LogP contribution in [0.4, 0.5) is 0 Å². The zero-order valence-corrected chi connectivity index (χ0v) is 11.0.